The molecule has 154 valence electrons. The highest BCUT2D eigenvalue weighted by Gasteiger charge is 2.34. The predicted molar refractivity (Wildman–Crippen MR) is 109 cm³/mol. The topological polar surface area (TPSA) is 139 Å². The molecule has 30 heavy (non-hydrogen) atoms. The number of nitrogens with zero attached hydrogens (tertiary/aromatic N) is 1. The normalized spacial score (nSPS) is 17.7. The van der Waals surface area contributed by atoms with E-state index in [4.69, 9.17) is 5.11 Å². The van der Waals surface area contributed by atoms with Gasteiger partial charge in [0.15, 0.2) is 0 Å². The lowest BCUT2D eigenvalue weighted by Gasteiger charge is -2.26. The first-order valence-corrected chi connectivity index (χ1v) is 9.19. The summed E-state index contributed by atoms with van der Waals surface area (Å²) < 4.78 is 0. The average Bonchev–Trinajstić information content (AvgIpc) is 2.74. The van der Waals surface area contributed by atoms with Gasteiger partial charge in [0.05, 0.1) is 22.3 Å². The van der Waals surface area contributed by atoms with Crippen molar-refractivity contribution in [1.29, 1.82) is 0 Å². The maximum atomic E-state index is 12.8. The number of nitro benzene ring substituents is 1. The Morgan fingerprint density at radius 1 is 0.833 bits per heavy atom. The number of nitro groups is 1. The molecule has 2 aromatic carbocycles. The molecule has 0 radical (unpaired) electrons. The molecule has 0 aromatic heterocycles. The number of carbonyl (C=O) groups excluding carboxylic acids is 2. The summed E-state index contributed by atoms with van der Waals surface area (Å²) in [5.74, 6) is -2.97. The lowest BCUT2D eigenvalue weighted by Crippen LogP contribution is -2.37. The maximum absolute atomic E-state index is 12.8. The average molecular weight is 409 g/mol. The molecule has 3 N–H and O–H groups in total. The standard InChI is InChI=1S/C21H19N3O6/c25-19(22-14-7-5-13(6-8-14)21(27)28)17-3-1-2-4-18(17)20(26)23-15-9-11-16(12-10-15)24(29)30/h1-2,5-12,17-18H,3-4H2,(H,22,25)(H,23,26)(H,27,28). The van der Waals surface area contributed by atoms with E-state index in [1.54, 1.807) is 0 Å². The quantitative estimate of drug-likeness (QED) is 0.379. The molecule has 2 atom stereocenters. The second-order valence-electron chi connectivity index (χ2n) is 6.82. The molecule has 2 unspecified atom stereocenters. The van der Waals surface area contributed by atoms with Gasteiger partial charge >= 0.3 is 5.97 Å². The van der Waals surface area contributed by atoms with Crippen LogP contribution in [0.2, 0.25) is 0 Å². The largest absolute Gasteiger partial charge is 0.478 e. The first kappa shape index (κ1) is 20.7. The number of aromatic carboxylic acids is 1. The van der Waals surface area contributed by atoms with Crippen molar-refractivity contribution in [2.24, 2.45) is 11.8 Å². The summed E-state index contributed by atoms with van der Waals surface area (Å²) >= 11 is 0. The Labute approximate surface area is 171 Å². The Morgan fingerprint density at radius 3 is 1.67 bits per heavy atom. The predicted octanol–water partition coefficient (Wildman–Crippen LogP) is 3.45. The summed E-state index contributed by atoms with van der Waals surface area (Å²) in [6, 6.07) is 11.2. The number of carbonyl (C=O) groups is 3. The molecule has 0 saturated heterocycles. The van der Waals surface area contributed by atoms with E-state index in [2.05, 4.69) is 10.6 Å². The highest BCUT2D eigenvalue weighted by atomic mass is 16.6. The van der Waals surface area contributed by atoms with Crippen molar-refractivity contribution in [3.63, 3.8) is 0 Å². The van der Waals surface area contributed by atoms with Crippen LogP contribution in [0.4, 0.5) is 17.1 Å². The van der Waals surface area contributed by atoms with Crippen LogP contribution in [0.3, 0.4) is 0 Å². The van der Waals surface area contributed by atoms with Crippen molar-refractivity contribution in [2.45, 2.75) is 12.8 Å². The van der Waals surface area contributed by atoms with E-state index in [9.17, 15) is 24.5 Å². The van der Waals surface area contributed by atoms with Gasteiger partial charge in [-0.15, -0.1) is 0 Å². The molecule has 1 aliphatic rings. The van der Waals surface area contributed by atoms with Gasteiger partial charge in [0.25, 0.3) is 5.69 Å². The van der Waals surface area contributed by atoms with Crippen molar-refractivity contribution < 1.29 is 24.4 Å². The zero-order chi connectivity index (χ0) is 21.7. The van der Waals surface area contributed by atoms with E-state index in [0.29, 0.717) is 24.2 Å². The number of carboxylic acids is 1. The van der Waals surface area contributed by atoms with Gasteiger partial charge in [-0.3, -0.25) is 19.7 Å². The smallest absolute Gasteiger partial charge is 0.335 e. The van der Waals surface area contributed by atoms with Gasteiger partial charge in [-0.05, 0) is 49.2 Å². The van der Waals surface area contributed by atoms with Crippen LogP contribution in [0.5, 0.6) is 0 Å². The van der Waals surface area contributed by atoms with Gasteiger partial charge in [-0.1, -0.05) is 12.2 Å². The molecular formula is C21H19N3O6. The summed E-state index contributed by atoms with van der Waals surface area (Å²) in [6.07, 6.45) is 4.45. The van der Waals surface area contributed by atoms with E-state index in [0.717, 1.165) is 0 Å². The SMILES string of the molecule is O=C(O)c1ccc(NC(=O)C2CC=CCC2C(=O)Nc2ccc([N+](=O)[O-])cc2)cc1. The molecule has 9 nitrogen and oxygen atoms in total. The molecule has 0 bridgehead atoms. The van der Waals surface area contributed by atoms with Gasteiger partial charge in [-0.2, -0.15) is 0 Å². The second kappa shape index (κ2) is 8.99. The fourth-order valence-corrected chi connectivity index (χ4v) is 3.23. The molecule has 1 aliphatic carbocycles. The van der Waals surface area contributed by atoms with Gasteiger partial charge < -0.3 is 15.7 Å². The number of hydrogen-bond donors (Lipinski definition) is 3. The summed E-state index contributed by atoms with van der Waals surface area (Å²) in [5, 5.41) is 25.1. The Morgan fingerprint density at radius 2 is 1.27 bits per heavy atom. The minimum atomic E-state index is -1.06. The highest BCUT2D eigenvalue weighted by molar-refractivity contribution is 6.00. The molecular weight excluding hydrogens is 390 g/mol. The number of benzene rings is 2. The Balaban J connectivity index is 1.68. The second-order valence-corrected chi connectivity index (χ2v) is 6.82. The van der Waals surface area contributed by atoms with Crippen LogP contribution in [0.15, 0.2) is 60.7 Å². The summed E-state index contributed by atoms with van der Waals surface area (Å²) in [5.41, 5.74) is 0.867. The van der Waals surface area contributed by atoms with E-state index in [1.807, 2.05) is 12.2 Å². The molecule has 0 fully saturated rings. The Hall–Kier alpha value is -4.01. The fourth-order valence-electron chi connectivity index (χ4n) is 3.23. The zero-order valence-electron chi connectivity index (χ0n) is 15.8. The number of nitrogens with one attached hydrogen (secondary N) is 2. The number of amides is 2. The fraction of sp³-hybridized carbons (Fsp3) is 0.190. The summed E-state index contributed by atoms with van der Waals surface area (Å²) in [4.78, 5) is 46.6. The number of allylic oxidation sites excluding steroid dienone is 2. The molecule has 0 aliphatic heterocycles. The number of hydrogen-bond acceptors (Lipinski definition) is 5. The first-order valence-electron chi connectivity index (χ1n) is 9.19. The van der Waals surface area contributed by atoms with Crippen molar-refractivity contribution >= 4 is 34.8 Å². The number of carboxylic acid groups (broad SMARTS) is 1. The Kier molecular flexibility index (Phi) is 6.21. The van der Waals surface area contributed by atoms with Gasteiger partial charge in [0, 0.05) is 23.5 Å². The third kappa shape index (κ3) is 4.88. The van der Waals surface area contributed by atoms with Crippen LogP contribution in [0, 0.1) is 22.0 Å². The monoisotopic (exact) mass is 409 g/mol. The highest BCUT2D eigenvalue weighted by Crippen LogP contribution is 2.29. The maximum Gasteiger partial charge on any atom is 0.335 e. The summed E-state index contributed by atoms with van der Waals surface area (Å²) in [6.45, 7) is 0. The van der Waals surface area contributed by atoms with Crippen molar-refractivity contribution in [3.8, 4) is 0 Å². The van der Waals surface area contributed by atoms with Crippen molar-refractivity contribution in [1.82, 2.24) is 0 Å². The third-order valence-corrected chi connectivity index (χ3v) is 4.85. The molecule has 0 saturated carbocycles. The zero-order valence-corrected chi connectivity index (χ0v) is 15.8. The minimum Gasteiger partial charge on any atom is -0.478 e. The minimum absolute atomic E-state index is 0.0835. The number of non-ortho nitro benzene ring substituents is 1. The van der Waals surface area contributed by atoms with Gasteiger partial charge in [0.1, 0.15) is 0 Å². The summed E-state index contributed by atoms with van der Waals surface area (Å²) in [7, 11) is 0. The van der Waals surface area contributed by atoms with E-state index in [-0.39, 0.29) is 23.1 Å². The van der Waals surface area contributed by atoms with Crippen molar-refractivity contribution in [3.05, 3.63) is 76.4 Å². The van der Waals surface area contributed by atoms with Crippen LogP contribution in [-0.4, -0.2) is 27.8 Å². The van der Waals surface area contributed by atoms with Crippen molar-refractivity contribution in [2.75, 3.05) is 10.6 Å². The van der Waals surface area contributed by atoms with Crippen LogP contribution in [0.25, 0.3) is 0 Å². The third-order valence-electron chi connectivity index (χ3n) is 4.85. The molecule has 2 aromatic rings. The molecule has 9 heteroatoms. The molecule has 0 spiro atoms. The Bertz CT molecular complexity index is 917. The molecule has 3 rings (SSSR count). The first-order chi connectivity index (χ1) is 14.3. The lowest BCUT2D eigenvalue weighted by molar-refractivity contribution is -0.384. The van der Waals surface area contributed by atoms with E-state index < -0.39 is 22.7 Å². The van der Waals surface area contributed by atoms with Crippen LogP contribution < -0.4 is 10.6 Å². The molecule has 2 amide bonds. The number of rotatable bonds is 6. The van der Waals surface area contributed by atoms with Crippen LogP contribution in [-0.2, 0) is 9.59 Å². The van der Waals surface area contributed by atoms with Gasteiger partial charge in [-0.25, -0.2) is 4.79 Å². The van der Waals surface area contributed by atoms with Gasteiger partial charge in [0.2, 0.25) is 11.8 Å². The van der Waals surface area contributed by atoms with Crippen LogP contribution in [0.1, 0.15) is 23.2 Å². The van der Waals surface area contributed by atoms with Crippen LogP contribution >= 0.6 is 0 Å². The lowest BCUT2D eigenvalue weighted by atomic mass is 9.81. The van der Waals surface area contributed by atoms with E-state index in [1.165, 1.54) is 48.5 Å². The number of anilines is 2. The van der Waals surface area contributed by atoms with E-state index >= 15 is 0 Å². The molecule has 0 heterocycles.